The number of amides is 2. The molecule has 0 aromatic heterocycles. The van der Waals surface area contributed by atoms with Crippen molar-refractivity contribution in [3.8, 4) is 11.1 Å². The number of nitrogens with two attached hydrogens (primary N) is 1. The Morgan fingerprint density at radius 3 is 2.08 bits per heavy atom. The molecule has 4 N–H and O–H groups in total. The van der Waals surface area contributed by atoms with Gasteiger partial charge in [-0.25, -0.2) is 4.79 Å². The topological polar surface area (TPSA) is 67.1 Å². The van der Waals surface area contributed by atoms with E-state index in [0.717, 1.165) is 43.4 Å². The van der Waals surface area contributed by atoms with Crippen molar-refractivity contribution < 1.29 is 4.79 Å². The molecule has 1 aliphatic carbocycles. The Labute approximate surface area is 143 Å². The van der Waals surface area contributed by atoms with Crippen molar-refractivity contribution in [3.05, 3.63) is 59.7 Å². The molecule has 0 heterocycles. The van der Waals surface area contributed by atoms with Crippen LogP contribution in [0.2, 0.25) is 0 Å². The number of benzene rings is 2. The van der Waals surface area contributed by atoms with Gasteiger partial charge in [-0.2, -0.15) is 0 Å². The summed E-state index contributed by atoms with van der Waals surface area (Å²) in [6, 6.07) is 16.4. The minimum Gasteiger partial charge on any atom is -0.338 e. The van der Waals surface area contributed by atoms with Gasteiger partial charge in [0, 0.05) is 6.54 Å². The van der Waals surface area contributed by atoms with Crippen LogP contribution in [0.4, 0.5) is 4.79 Å². The highest BCUT2D eigenvalue weighted by Gasteiger charge is 2.28. The second-order valence-corrected chi connectivity index (χ2v) is 6.21. The Kier molecular flexibility index (Phi) is 5.49. The van der Waals surface area contributed by atoms with E-state index in [0.29, 0.717) is 6.54 Å². The van der Waals surface area contributed by atoms with Gasteiger partial charge >= 0.3 is 6.03 Å². The van der Waals surface area contributed by atoms with E-state index in [9.17, 15) is 4.79 Å². The summed E-state index contributed by atoms with van der Waals surface area (Å²) < 4.78 is 0. The van der Waals surface area contributed by atoms with E-state index in [2.05, 4.69) is 34.9 Å². The maximum absolute atomic E-state index is 12.3. The molecule has 2 amide bonds. The molecule has 4 nitrogen and oxygen atoms in total. The summed E-state index contributed by atoms with van der Waals surface area (Å²) in [6.45, 7) is 1.45. The number of hydrogen-bond donors (Lipinski definition) is 3. The number of carbonyl (C=O) groups excluding carboxylic acids is 1. The Balaban J connectivity index is 1.60. The number of fused-ring (bicyclic) bond motifs is 3. The summed E-state index contributed by atoms with van der Waals surface area (Å²) in [4.78, 5) is 12.3. The first-order chi connectivity index (χ1) is 11.8. The van der Waals surface area contributed by atoms with Gasteiger partial charge in [-0.3, -0.25) is 0 Å². The van der Waals surface area contributed by atoms with Crippen molar-refractivity contribution in [1.82, 2.24) is 10.6 Å². The van der Waals surface area contributed by atoms with Crippen LogP contribution in [0.1, 0.15) is 42.9 Å². The highest BCUT2D eigenvalue weighted by Crippen LogP contribution is 2.42. The van der Waals surface area contributed by atoms with Gasteiger partial charge in [0.25, 0.3) is 0 Å². The van der Waals surface area contributed by atoms with E-state index >= 15 is 0 Å². The SMILES string of the molecule is NCCCCCCNC(=O)NC1c2ccccc2-c2ccccc21. The second kappa shape index (κ2) is 7.97. The molecule has 126 valence electrons. The van der Waals surface area contributed by atoms with E-state index < -0.39 is 0 Å². The van der Waals surface area contributed by atoms with E-state index in [4.69, 9.17) is 5.73 Å². The molecule has 0 unspecified atom stereocenters. The van der Waals surface area contributed by atoms with Crippen molar-refractivity contribution in [2.45, 2.75) is 31.7 Å². The molecule has 0 bridgehead atoms. The average Bonchev–Trinajstić information content (AvgIpc) is 2.93. The Morgan fingerprint density at radius 2 is 1.46 bits per heavy atom. The fraction of sp³-hybridized carbons (Fsp3) is 0.350. The van der Waals surface area contributed by atoms with Crippen molar-refractivity contribution in [2.75, 3.05) is 13.1 Å². The lowest BCUT2D eigenvalue weighted by Crippen LogP contribution is -2.38. The zero-order valence-electron chi connectivity index (χ0n) is 13.9. The predicted molar refractivity (Wildman–Crippen MR) is 97.8 cm³/mol. The smallest absolute Gasteiger partial charge is 0.315 e. The van der Waals surface area contributed by atoms with Crippen LogP contribution >= 0.6 is 0 Å². The summed E-state index contributed by atoms with van der Waals surface area (Å²) >= 11 is 0. The van der Waals surface area contributed by atoms with Gasteiger partial charge < -0.3 is 16.4 Å². The third-order valence-electron chi connectivity index (χ3n) is 4.53. The zero-order valence-corrected chi connectivity index (χ0v) is 13.9. The molecule has 0 radical (unpaired) electrons. The van der Waals surface area contributed by atoms with E-state index in [1.165, 1.54) is 11.1 Å². The summed E-state index contributed by atoms with van der Waals surface area (Å²) in [6.07, 6.45) is 4.28. The van der Waals surface area contributed by atoms with Gasteiger partial charge in [-0.05, 0) is 41.6 Å². The number of hydrogen-bond acceptors (Lipinski definition) is 2. The van der Waals surface area contributed by atoms with E-state index in [1.807, 2.05) is 24.3 Å². The highest BCUT2D eigenvalue weighted by atomic mass is 16.2. The van der Waals surface area contributed by atoms with Crippen LogP contribution in [0.5, 0.6) is 0 Å². The van der Waals surface area contributed by atoms with Crippen molar-refractivity contribution in [2.24, 2.45) is 5.73 Å². The molecule has 2 aromatic carbocycles. The average molecular weight is 323 g/mol. The van der Waals surface area contributed by atoms with Gasteiger partial charge in [0.2, 0.25) is 0 Å². The lowest BCUT2D eigenvalue weighted by molar-refractivity contribution is 0.238. The Hall–Kier alpha value is -2.33. The molecule has 0 aliphatic heterocycles. The van der Waals surface area contributed by atoms with Crippen LogP contribution in [0.3, 0.4) is 0 Å². The third kappa shape index (κ3) is 3.60. The fourth-order valence-corrected chi connectivity index (χ4v) is 3.32. The van der Waals surface area contributed by atoms with E-state index in [-0.39, 0.29) is 12.1 Å². The number of carbonyl (C=O) groups is 1. The molecule has 2 aromatic rings. The Morgan fingerprint density at radius 1 is 0.875 bits per heavy atom. The molecular formula is C20H25N3O. The predicted octanol–water partition coefficient (Wildman–Crippen LogP) is 3.57. The van der Waals surface area contributed by atoms with Crippen LogP contribution in [0, 0.1) is 0 Å². The number of rotatable bonds is 7. The third-order valence-corrected chi connectivity index (χ3v) is 4.53. The summed E-state index contributed by atoms with van der Waals surface area (Å²) in [5.41, 5.74) is 10.2. The molecule has 4 heteroatoms. The summed E-state index contributed by atoms with van der Waals surface area (Å²) in [5.74, 6) is 0. The number of urea groups is 1. The first-order valence-corrected chi connectivity index (χ1v) is 8.74. The molecule has 0 atom stereocenters. The van der Waals surface area contributed by atoms with Crippen LogP contribution < -0.4 is 16.4 Å². The molecule has 0 spiro atoms. The van der Waals surface area contributed by atoms with Gasteiger partial charge in [0.05, 0.1) is 6.04 Å². The lowest BCUT2D eigenvalue weighted by atomic mass is 10.1. The minimum atomic E-state index is -0.106. The minimum absolute atomic E-state index is 0.0744. The van der Waals surface area contributed by atoms with Crippen molar-refractivity contribution in [1.29, 1.82) is 0 Å². The van der Waals surface area contributed by atoms with Crippen LogP contribution in [0.15, 0.2) is 48.5 Å². The number of nitrogens with one attached hydrogen (secondary N) is 2. The van der Waals surface area contributed by atoms with Gasteiger partial charge in [0.1, 0.15) is 0 Å². The second-order valence-electron chi connectivity index (χ2n) is 6.21. The molecule has 24 heavy (non-hydrogen) atoms. The van der Waals surface area contributed by atoms with Crippen molar-refractivity contribution >= 4 is 6.03 Å². The standard InChI is InChI=1S/C20H25N3O/c21-13-7-1-2-8-14-22-20(24)23-19-17-11-5-3-9-15(17)16-10-4-6-12-18(16)19/h3-6,9-12,19H,1-2,7-8,13-14,21H2,(H2,22,23,24). The molecule has 3 rings (SSSR count). The summed E-state index contributed by atoms with van der Waals surface area (Å²) in [5, 5.41) is 6.09. The maximum Gasteiger partial charge on any atom is 0.315 e. The normalized spacial score (nSPS) is 12.5. The van der Waals surface area contributed by atoms with Crippen LogP contribution in [-0.4, -0.2) is 19.1 Å². The summed E-state index contributed by atoms with van der Waals surface area (Å²) in [7, 11) is 0. The first kappa shape index (κ1) is 16.5. The number of unbranched alkanes of at least 4 members (excludes halogenated alkanes) is 3. The lowest BCUT2D eigenvalue weighted by Gasteiger charge is -2.16. The Bertz CT molecular complexity index is 653. The van der Waals surface area contributed by atoms with Gasteiger partial charge in [0.15, 0.2) is 0 Å². The maximum atomic E-state index is 12.3. The van der Waals surface area contributed by atoms with E-state index in [1.54, 1.807) is 0 Å². The van der Waals surface area contributed by atoms with Gasteiger partial charge in [-0.1, -0.05) is 61.4 Å². The van der Waals surface area contributed by atoms with Crippen molar-refractivity contribution in [3.63, 3.8) is 0 Å². The molecule has 1 aliphatic rings. The largest absolute Gasteiger partial charge is 0.338 e. The first-order valence-electron chi connectivity index (χ1n) is 8.74. The quantitative estimate of drug-likeness (QED) is 0.682. The molecule has 0 saturated carbocycles. The monoisotopic (exact) mass is 323 g/mol. The highest BCUT2D eigenvalue weighted by molar-refractivity contribution is 5.82. The van der Waals surface area contributed by atoms with Gasteiger partial charge in [-0.15, -0.1) is 0 Å². The van der Waals surface area contributed by atoms with Crippen LogP contribution in [0.25, 0.3) is 11.1 Å². The molecule has 0 fully saturated rings. The fourth-order valence-electron chi connectivity index (χ4n) is 3.32. The zero-order chi connectivity index (χ0) is 16.8. The van der Waals surface area contributed by atoms with Crippen LogP contribution in [-0.2, 0) is 0 Å². The molecule has 0 saturated heterocycles. The molecular weight excluding hydrogens is 298 g/mol.